The molecule has 2 nitrogen and oxygen atoms in total. The quantitative estimate of drug-likeness (QED) is 0.616. The van der Waals surface area contributed by atoms with Crippen LogP contribution >= 0.6 is 0 Å². The standard InChI is InChI=1S/C11H21NO/c1-5-9(2)12-10(3)11(4)7-6-8-13-11/h9H,5-8H2,1-4H3. The molecule has 0 aromatic heterocycles. The highest BCUT2D eigenvalue weighted by molar-refractivity contribution is 5.90. The van der Waals surface area contributed by atoms with Crippen molar-refractivity contribution < 1.29 is 4.74 Å². The fraction of sp³-hybridized carbons (Fsp3) is 0.909. The van der Waals surface area contributed by atoms with Gasteiger partial charge in [0.1, 0.15) is 5.60 Å². The van der Waals surface area contributed by atoms with E-state index in [1.54, 1.807) is 0 Å². The highest BCUT2D eigenvalue weighted by atomic mass is 16.5. The molecule has 1 heterocycles. The molecule has 2 unspecified atom stereocenters. The second-order valence-corrected chi connectivity index (χ2v) is 4.15. The zero-order valence-electron chi connectivity index (χ0n) is 9.26. The van der Waals surface area contributed by atoms with E-state index >= 15 is 0 Å². The van der Waals surface area contributed by atoms with Crippen LogP contribution in [-0.4, -0.2) is 24.0 Å². The maximum atomic E-state index is 5.72. The Hall–Kier alpha value is -0.370. The summed E-state index contributed by atoms with van der Waals surface area (Å²) in [5.74, 6) is 0. The highest BCUT2D eigenvalue weighted by Gasteiger charge is 2.32. The molecule has 1 aliphatic heterocycles. The molecule has 0 aromatic rings. The van der Waals surface area contributed by atoms with Crippen molar-refractivity contribution in [2.45, 2.75) is 58.6 Å². The number of aliphatic imine (C=N–C) groups is 1. The predicted octanol–water partition coefficient (Wildman–Crippen LogP) is 2.81. The van der Waals surface area contributed by atoms with Crippen LogP contribution in [0.15, 0.2) is 4.99 Å². The molecule has 1 saturated heterocycles. The number of rotatable bonds is 3. The Kier molecular flexibility index (Phi) is 3.48. The van der Waals surface area contributed by atoms with E-state index in [2.05, 4.69) is 32.7 Å². The van der Waals surface area contributed by atoms with E-state index in [-0.39, 0.29) is 5.60 Å². The Morgan fingerprint density at radius 1 is 1.62 bits per heavy atom. The van der Waals surface area contributed by atoms with Gasteiger partial charge in [-0.05, 0) is 40.0 Å². The summed E-state index contributed by atoms with van der Waals surface area (Å²) in [5.41, 5.74) is 1.10. The van der Waals surface area contributed by atoms with E-state index in [4.69, 9.17) is 4.74 Å². The maximum absolute atomic E-state index is 5.72. The Balaban J connectivity index is 2.64. The number of hydrogen-bond donors (Lipinski definition) is 0. The van der Waals surface area contributed by atoms with Crippen LogP contribution in [0.3, 0.4) is 0 Å². The summed E-state index contributed by atoms with van der Waals surface area (Å²) in [6.45, 7) is 9.46. The van der Waals surface area contributed by atoms with E-state index in [1.807, 2.05) is 0 Å². The first-order valence-electron chi connectivity index (χ1n) is 5.27. The fourth-order valence-corrected chi connectivity index (χ4v) is 1.62. The average molecular weight is 183 g/mol. The molecular weight excluding hydrogens is 162 g/mol. The van der Waals surface area contributed by atoms with Crippen LogP contribution in [0.5, 0.6) is 0 Å². The predicted molar refractivity (Wildman–Crippen MR) is 56.5 cm³/mol. The summed E-state index contributed by atoms with van der Waals surface area (Å²) >= 11 is 0. The van der Waals surface area contributed by atoms with Crippen LogP contribution in [0.2, 0.25) is 0 Å². The monoisotopic (exact) mass is 183 g/mol. The van der Waals surface area contributed by atoms with Crippen LogP contribution in [0.4, 0.5) is 0 Å². The zero-order chi connectivity index (χ0) is 9.90. The van der Waals surface area contributed by atoms with Gasteiger partial charge in [-0.3, -0.25) is 4.99 Å². The van der Waals surface area contributed by atoms with E-state index in [0.717, 1.165) is 19.4 Å². The van der Waals surface area contributed by atoms with Crippen LogP contribution in [0.1, 0.15) is 47.0 Å². The normalized spacial score (nSPS) is 32.2. The van der Waals surface area contributed by atoms with Crippen LogP contribution in [-0.2, 0) is 4.74 Å². The molecule has 0 N–H and O–H groups in total. The van der Waals surface area contributed by atoms with E-state index in [1.165, 1.54) is 12.1 Å². The molecule has 0 bridgehead atoms. The number of nitrogens with zero attached hydrogens (tertiary/aromatic N) is 1. The summed E-state index contributed by atoms with van der Waals surface area (Å²) in [4.78, 5) is 4.64. The van der Waals surface area contributed by atoms with Crippen molar-refractivity contribution in [3.8, 4) is 0 Å². The van der Waals surface area contributed by atoms with Crippen molar-refractivity contribution in [3.05, 3.63) is 0 Å². The molecule has 1 rings (SSSR count). The lowest BCUT2D eigenvalue weighted by atomic mass is 9.97. The molecule has 0 radical (unpaired) electrons. The van der Waals surface area contributed by atoms with Gasteiger partial charge in [-0.15, -0.1) is 0 Å². The van der Waals surface area contributed by atoms with Gasteiger partial charge >= 0.3 is 0 Å². The lowest BCUT2D eigenvalue weighted by molar-refractivity contribution is 0.0768. The first-order valence-corrected chi connectivity index (χ1v) is 5.27. The van der Waals surface area contributed by atoms with Crippen molar-refractivity contribution in [3.63, 3.8) is 0 Å². The summed E-state index contributed by atoms with van der Waals surface area (Å²) in [7, 11) is 0. The van der Waals surface area contributed by atoms with Gasteiger partial charge in [-0.2, -0.15) is 0 Å². The van der Waals surface area contributed by atoms with Gasteiger partial charge < -0.3 is 4.74 Å². The third kappa shape index (κ3) is 2.53. The molecule has 2 atom stereocenters. The topological polar surface area (TPSA) is 21.6 Å². The van der Waals surface area contributed by atoms with Gasteiger partial charge in [0.25, 0.3) is 0 Å². The second kappa shape index (κ2) is 4.23. The van der Waals surface area contributed by atoms with Crippen molar-refractivity contribution in [2.75, 3.05) is 6.61 Å². The molecule has 1 aliphatic rings. The van der Waals surface area contributed by atoms with E-state index in [9.17, 15) is 0 Å². The van der Waals surface area contributed by atoms with Crippen molar-refractivity contribution in [1.82, 2.24) is 0 Å². The minimum Gasteiger partial charge on any atom is -0.369 e. The highest BCUT2D eigenvalue weighted by Crippen LogP contribution is 2.26. The zero-order valence-corrected chi connectivity index (χ0v) is 9.26. The van der Waals surface area contributed by atoms with Crippen LogP contribution in [0, 0.1) is 0 Å². The van der Waals surface area contributed by atoms with Crippen LogP contribution in [0.25, 0.3) is 0 Å². The molecule has 76 valence electrons. The number of hydrogen-bond acceptors (Lipinski definition) is 2. The minimum absolute atomic E-state index is 0.0660. The number of ether oxygens (including phenoxy) is 1. The Morgan fingerprint density at radius 3 is 2.77 bits per heavy atom. The molecule has 0 saturated carbocycles. The third-order valence-corrected chi connectivity index (χ3v) is 2.99. The SMILES string of the molecule is CCC(C)N=C(C)C1(C)CCCO1. The Bertz CT molecular complexity index is 192. The molecule has 0 amide bonds. The van der Waals surface area contributed by atoms with E-state index in [0.29, 0.717) is 6.04 Å². The first-order chi connectivity index (χ1) is 6.08. The average Bonchev–Trinajstić information content (AvgIpc) is 2.53. The van der Waals surface area contributed by atoms with Gasteiger partial charge in [0, 0.05) is 18.4 Å². The molecule has 13 heavy (non-hydrogen) atoms. The lowest BCUT2D eigenvalue weighted by Crippen LogP contribution is -2.33. The third-order valence-electron chi connectivity index (χ3n) is 2.99. The lowest BCUT2D eigenvalue weighted by Gasteiger charge is -2.24. The van der Waals surface area contributed by atoms with Crippen molar-refractivity contribution in [1.29, 1.82) is 0 Å². The van der Waals surface area contributed by atoms with Crippen molar-refractivity contribution >= 4 is 5.71 Å². The van der Waals surface area contributed by atoms with E-state index < -0.39 is 0 Å². The molecule has 0 aliphatic carbocycles. The summed E-state index contributed by atoms with van der Waals surface area (Å²) in [6, 6.07) is 0.432. The Labute approximate surface area is 81.4 Å². The van der Waals surface area contributed by atoms with Gasteiger partial charge in [0.2, 0.25) is 0 Å². The molecule has 2 heteroatoms. The summed E-state index contributed by atoms with van der Waals surface area (Å²) in [6.07, 6.45) is 3.40. The Morgan fingerprint density at radius 2 is 2.31 bits per heavy atom. The van der Waals surface area contributed by atoms with Gasteiger partial charge in [-0.1, -0.05) is 6.92 Å². The fourth-order valence-electron chi connectivity index (χ4n) is 1.62. The molecular formula is C11H21NO. The van der Waals surface area contributed by atoms with Crippen molar-refractivity contribution in [2.24, 2.45) is 4.99 Å². The molecule has 0 aromatic carbocycles. The molecule has 1 fully saturated rings. The van der Waals surface area contributed by atoms with Gasteiger partial charge in [-0.25, -0.2) is 0 Å². The minimum atomic E-state index is -0.0660. The largest absolute Gasteiger partial charge is 0.369 e. The first kappa shape index (κ1) is 10.7. The summed E-state index contributed by atoms with van der Waals surface area (Å²) in [5, 5.41) is 0. The maximum Gasteiger partial charge on any atom is 0.103 e. The second-order valence-electron chi connectivity index (χ2n) is 4.15. The van der Waals surface area contributed by atoms with Gasteiger partial charge in [0.05, 0.1) is 0 Å². The van der Waals surface area contributed by atoms with Crippen LogP contribution < -0.4 is 0 Å². The molecule has 0 spiro atoms. The summed E-state index contributed by atoms with van der Waals surface area (Å²) < 4.78 is 5.72. The van der Waals surface area contributed by atoms with Gasteiger partial charge in [0.15, 0.2) is 0 Å². The smallest absolute Gasteiger partial charge is 0.103 e.